The van der Waals surface area contributed by atoms with E-state index in [-0.39, 0.29) is 10.8 Å². The van der Waals surface area contributed by atoms with Crippen LogP contribution in [0.1, 0.15) is 32.9 Å². The molecule has 0 atom stereocenters. The summed E-state index contributed by atoms with van der Waals surface area (Å²) in [6.45, 7) is 4.21. The highest BCUT2D eigenvalue weighted by Crippen LogP contribution is 2.28. The fourth-order valence-corrected chi connectivity index (χ4v) is 4.62. The highest BCUT2D eigenvalue weighted by molar-refractivity contribution is 7.98. The van der Waals surface area contributed by atoms with Gasteiger partial charge in [-0.05, 0) is 50.1 Å². The predicted molar refractivity (Wildman–Crippen MR) is 116 cm³/mol. The Hall–Kier alpha value is -2.62. The highest BCUT2D eigenvalue weighted by atomic mass is 32.2. The third kappa shape index (κ3) is 5.50. The molecule has 3 rings (SSSR count). The lowest BCUT2D eigenvalue weighted by molar-refractivity contribution is 0.0951. The fourth-order valence-electron chi connectivity index (χ4n) is 2.90. The van der Waals surface area contributed by atoms with Crippen molar-refractivity contribution in [3.8, 4) is 0 Å². The van der Waals surface area contributed by atoms with Gasteiger partial charge in [-0.15, -0.1) is 11.8 Å². The van der Waals surface area contributed by atoms with E-state index in [2.05, 4.69) is 10.5 Å². The molecule has 0 radical (unpaired) electrons. The summed E-state index contributed by atoms with van der Waals surface area (Å²) < 4.78 is 27.8. The van der Waals surface area contributed by atoms with E-state index in [9.17, 15) is 13.2 Å². The Morgan fingerprint density at radius 3 is 2.47 bits per heavy atom. The first-order valence-electron chi connectivity index (χ1n) is 9.29. The number of nitrogens with zero attached hydrogens (tertiary/aromatic N) is 1. The van der Waals surface area contributed by atoms with E-state index in [1.165, 1.54) is 12.1 Å². The first-order chi connectivity index (χ1) is 14.3. The van der Waals surface area contributed by atoms with Gasteiger partial charge in [0.2, 0.25) is 10.0 Å². The van der Waals surface area contributed by atoms with Gasteiger partial charge >= 0.3 is 0 Å². The van der Waals surface area contributed by atoms with Crippen LogP contribution < -0.4 is 10.5 Å². The molecular weight excluding hydrogens is 422 g/mol. The minimum absolute atomic E-state index is 0.0690. The third-order valence-corrected chi connectivity index (χ3v) is 6.67. The summed E-state index contributed by atoms with van der Waals surface area (Å²) in [5.41, 5.74) is 3.41. The van der Waals surface area contributed by atoms with E-state index in [0.717, 1.165) is 27.5 Å². The fraction of sp³-hybridized carbons (Fsp3) is 0.238. The quantitative estimate of drug-likeness (QED) is 0.515. The molecule has 0 aliphatic rings. The minimum atomic E-state index is -3.70. The smallest absolute Gasteiger partial charge is 0.252 e. The molecule has 1 heterocycles. The Bertz CT molecular complexity index is 1120. The molecule has 0 aliphatic carbocycles. The van der Waals surface area contributed by atoms with Crippen molar-refractivity contribution in [1.82, 2.24) is 10.5 Å². The number of hydrogen-bond acceptors (Lipinski definition) is 6. The normalized spacial score (nSPS) is 11.4. The first-order valence-corrected chi connectivity index (χ1v) is 11.8. The van der Waals surface area contributed by atoms with E-state index in [1.54, 1.807) is 30.0 Å². The second-order valence-electron chi connectivity index (χ2n) is 6.78. The molecular formula is C21H23N3O4S2. The van der Waals surface area contributed by atoms with Gasteiger partial charge in [-0.3, -0.25) is 4.79 Å². The van der Waals surface area contributed by atoms with Crippen LogP contribution in [-0.4, -0.2) is 26.0 Å². The largest absolute Gasteiger partial charge is 0.361 e. The second kappa shape index (κ2) is 9.46. The van der Waals surface area contributed by atoms with E-state index in [4.69, 9.17) is 9.66 Å². The average Bonchev–Trinajstić information content (AvgIpc) is 3.04. The molecule has 0 fully saturated rings. The Morgan fingerprint density at radius 1 is 1.13 bits per heavy atom. The summed E-state index contributed by atoms with van der Waals surface area (Å²) in [6, 6.07) is 13.8. The van der Waals surface area contributed by atoms with Gasteiger partial charge in [-0.1, -0.05) is 29.4 Å². The van der Waals surface area contributed by atoms with E-state index in [1.807, 2.05) is 32.0 Å². The van der Waals surface area contributed by atoms with Crippen LogP contribution in [0.15, 0.2) is 62.8 Å². The summed E-state index contributed by atoms with van der Waals surface area (Å²) in [5, 5.41) is 12.0. The molecule has 9 heteroatoms. The number of hydrogen-bond donors (Lipinski definition) is 2. The molecule has 0 spiro atoms. The van der Waals surface area contributed by atoms with Gasteiger partial charge in [0.15, 0.2) is 0 Å². The Balaban J connectivity index is 1.59. The van der Waals surface area contributed by atoms with Crippen LogP contribution in [0.4, 0.5) is 0 Å². The Labute approximate surface area is 180 Å². The topological polar surface area (TPSA) is 115 Å². The van der Waals surface area contributed by atoms with E-state index >= 15 is 0 Å². The number of thioether (sulfide) groups is 1. The number of nitrogens with one attached hydrogen (secondary N) is 1. The van der Waals surface area contributed by atoms with Gasteiger partial charge in [0.1, 0.15) is 5.76 Å². The molecule has 1 aromatic heterocycles. The number of carbonyl (C=O) groups excluding carboxylic acids is 1. The van der Waals surface area contributed by atoms with Gasteiger partial charge in [0.25, 0.3) is 5.91 Å². The predicted octanol–water partition coefficient (Wildman–Crippen LogP) is 3.20. The van der Waals surface area contributed by atoms with Gasteiger partial charge in [-0.25, -0.2) is 13.6 Å². The second-order valence-corrected chi connectivity index (χ2v) is 9.36. The number of primary sulfonamides is 1. The summed E-state index contributed by atoms with van der Waals surface area (Å²) >= 11 is 1.57. The molecule has 1 amide bonds. The first kappa shape index (κ1) is 22.1. The SMILES string of the molecule is Cc1noc(C)c1CSc1ccccc1C(=O)NCCc1ccc(S(N)(=O)=O)cc1. The zero-order valence-corrected chi connectivity index (χ0v) is 18.3. The lowest BCUT2D eigenvalue weighted by atomic mass is 10.1. The monoisotopic (exact) mass is 445 g/mol. The lowest BCUT2D eigenvalue weighted by Crippen LogP contribution is -2.26. The van der Waals surface area contributed by atoms with Crippen molar-refractivity contribution in [3.63, 3.8) is 0 Å². The third-order valence-electron chi connectivity index (χ3n) is 4.64. The number of nitrogens with two attached hydrogens (primary N) is 1. The van der Waals surface area contributed by atoms with Crippen molar-refractivity contribution in [1.29, 1.82) is 0 Å². The van der Waals surface area contributed by atoms with Crippen LogP contribution in [0.3, 0.4) is 0 Å². The van der Waals surface area contributed by atoms with Crippen molar-refractivity contribution in [2.24, 2.45) is 5.14 Å². The van der Waals surface area contributed by atoms with Crippen LogP contribution in [0.2, 0.25) is 0 Å². The van der Waals surface area contributed by atoms with Gasteiger partial charge in [-0.2, -0.15) is 0 Å². The maximum Gasteiger partial charge on any atom is 0.252 e. The molecule has 0 aliphatic heterocycles. The highest BCUT2D eigenvalue weighted by Gasteiger charge is 2.14. The maximum absolute atomic E-state index is 12.7. The van der Waals surface area contributed by atoms with E-state index in [0.29, 0.717) is 24.3 Å². The number of benzene rings is 2. The number of carbonyl (C=O) groups is 1. The number of sulfonamides is 1. The van der Waals surface area contributed by atoms with Crippen LogP contribution >= 0.6 is 11.8 Å². The van der Waals surface area contributed by atoms with Crippen molar-refractivity contribution < 1.29 is 17.7 Å². The molecule has 0 saturated carbocycles. The molecule has 0 saturated heterocycles. The maximum atomic E-state index is 12.7. The minimum Gasteiger partial charge on any atom is -0.361 e. The molecule has 3 N–H and O–H groups in total. The molecule has 0 bridgehead atoms. The number of aromatic nitrogens is 1. The molecule has 3 aromatic rings. The average molecular weight is 446 g/mol. The Kier molecular flexibility index (Phi) is 6.96. The van der Waals surface area contributed by atoms with Crippen LogP contribution in [0.25, 0.3) is 0 Å². The molecule has 30 heavy (non-hydrogen) atoms. The Morgan fingerprint density at radius 2 is 1.83 bits per heavy atom. The zero-order chi connectivity index (χ0) is 21.7. The van der Waals surface area contributed by atoms with Crippen LogP contribution in [0.5, 0.6) is 0 Å². The van der Waals surface area contributed by atoms with Gasteiger partial charge in [0, 0.05) is 22.8 Å². The molecule has 158 valence electrons. The summed E-state index contributed by atoms with van der Waals surface area (Å²) in [7, 11) is -3.70. The van der Waals surface area contributed by atoms with Gasteiger partial charge in [0.05, 0.1) is 16.2 Å². The van der Waals surface area contributed by atoms with Crippen LogP contribution in [-0.2, 0) is 22.2 Å². The number of rotatable bonds is 8. The van der Waals surface area contributed by atoms with Crippen molar-refractivity contribution >= 4 is 27.7 Å². The number of aryl methyl sites for hydroxylation is 2. The van der Waals surface area contributed by atoms with E-state index < -0.39 is 10.0 Å². The van der Waals surface area contributed by atoms with Crippen LogP contribution in [0, 0.1) is 13.8 Å². The lowest BCUT2D eigenvalue weighted by Gasteiger charge is -2.10. The summed E-state index contributed by atoms with van der Waals surface area (Å²) in [4.78, 5) is 13.6. The summed E-state index contributed by atoms with van der Waals surface area (Å²) in [6.07, 6.45) is 0.574. The standard InChI is InChI=1S/C21H23N3O4S2/c1-14-19(15(2)28-24-14)13-29-20-6-4-3-5-18(20)21(25)23-12-11-16-7-9-17(10-8-16)30(22,26)27/h3-10H,11-13H2,1-2H3,(H,23,25)(H2,22,26,27). The van der Waals surface area contributed by atoms with Crippen molar-refractivity contribution in [2.45, 2.75) is 35.8 Å². The molecule has 0 unspecified atom stereocenters. The van der Waals surface area contributed by atoms with Crippen molar-refractivity contribution in [3.05, 3.63) is 76.7 Å². The van der Waals surface area contributed by atoms with Gasteiger partial charge < -0.3 is 9.84 Å². The van der Waals surface area contributed by atoms with Crippen molar-refractivity contribution in [2.75, 3.05) is 6.54 Å². The molecule has 7 nitrogen and oxygen atoms in total. The molecule has 2 aromatic carbocycles. The number of amides is 1. The zero-order valence-electron chi connectivity index (χ0n) is 16.7. The summed E-state index contributed by atoms with van der Waals surface area (Å²) in [5.74, 6) is 1.30.